The number of carbonyl (C=O) groups is 1. The number of nitrogens with two attached hydrogens (primary N) is 1. The molecule has 3 N–H and O–H groups in total. The van der Waals surface area contributed by atoms with E-state index in [9.17, 15) is 9.90 Å². The molecule has 0 aromatic carbocycles. The molecule has 6 nitrogen and oxygen atoms in total. The second kappa shape index (κ2) is 4.21. The van der Waals surface area contributed by atoms with Gasteiger partial charge in [-0.2, -0.15) is 0 Å². The minimum Gasteiger partial charge on any atom is -0.391 e. The summed E-state index contributed by atoms with van der Waals surface area (Å²) >= 11 is 0. The lowest BCUT2D eigenvalue weighted by atomic mass is 9.82. The maximum atomic E-state index is 11.2. The maximum Gasteiger partial charge on any atom is 0.271 e. The number of amides is 1. The van der Waals surface area contributed by atoms with E-state index in [4.69, 9.17) is 5.73 Å². The van der Waals surface area contributed by atoms with Gasteiger partial charge in [-0.25, -0.2) is 4.68 Å². The Kier molecular flexibility index (Phi) is 2.91. The summed E-state index contributed by atoms with van der Waals surface area (Å²) in [6.07, 6.45) is 2.71. The van der Waals surface area contributed by atoms with Crippen LogP contribution in [0.5, 0.6) is 0 Å². The summed E-state index contributed by atoms with van der Waals surface area (Å²) in [6, 6.07) is 0. The molecule has 1 amide bonds. The Morgan fingerprint density at radius 2 is 2.38 bits per heavy atom. The van der Waals surface area contributed by atoms with Gasteiger partial charge in [0.25, 0.3) is 5.91 Å². The van der Waals surface area contributed by atoms with Gasteiger partial charge in [-0.3, -0.25) is 4.79 Å². The molecule has 1 aliphatic rings. The Morgan fingerprint density at radius 3 is 2.81 bits per heavy atom. The van der Waals surface area contributed by atoms with Gasteiger partial charge >= 0.3 is 0 Å². The Balaban J connectivity index is 2.33. The van der Waals surface area contributed by atoms with E-state index in [-0.39, 0.29) is 5.69 Å². The highest BCUT2D eigenvalue weighted by Gasteiger charge is 2.29. The third-order valence-corrected chi connectivity index (χ3v) is 2.94. The van der Waals surface area contributed by atoms with Crippen LogP contribution in [0.4, 0.5) is 0 Å². The number of rotatable bonds is 4. The van der Waals surface area contributed by atoms with E-state index in [0.29, 0.717) is 12.5 Å². The first-order chi connectivity index (χ1) is 7.59. The van der Waals surface area contributed by atoms with Crippen LogP contribution >= 0.6 is 0 Å². The highest BCUT2D eigenvalue weighted by Crippen LogP contribution is 2.37. The highest BCUT2D eigenvalue weighted by atomic mass is 16.3. The molecule has 1 atom stereocenters. The Labute approximate surface area is 93.4 Å². The van der Waals surface area contributed by atoms with Gasteiger partial charge in [0.2, 0.25) is 0 Å². The lowest BCUT2D eigenvalue weighted by molar-refractivity contribution is 0.0992. The van der Waals surface area contributed by atoms with Gasteiger partial charge in [-0.05, 0) is 19.8 Å². The summed E-state index contributed by atoms with van der Waals surface area (Å²) < 4.78 is 1.61. The summed E-state index contributed by atoms with van der Waals surface area (Å²) in [7, 11) is 0. The molecule has 1 aromatic rings. The first-order valence-corrected chi connectivity index (χ1v) is 5.51. The molecule has 88 valence electrons. The number of hydrogen-bond acceptors (Lipinski definition) is 4. The molecule has 1 unspecified atom stereocenters. The summed E-state index contributed by atoms with van der Waals surface area (Å²) in [5.41, 5.74) is 6.30. The van der Waals surface area contributed by atoms with E-state index >= 15 is 0 Å². The average Bonchev–Trinajstić information content (AvgIpc) is 2.45. The molecule has 0 saturated heterocycles. The molecule has 0 spiro atoms. The van der Waals surface area contributed by atoms with E-state index in [1.54, 1.807) is 11.6 Å². The van der Waals surface area contributed by atoms with E-state index in [1.807, 2.05) is 0 Å². The van der Waals surface area contributed by atoms with E-state index in [1.165, 1.54) is 0 Å². The fourth-order valence-electron chi connectivity index (χ4n) is 1.97. The Bertz CT molecular complexity index is 396. The van der Waals surface area contributed by atoms with Crippen LogP contribution < -0.4 is 5.73 Å². The first kappa shape index (κ1) is 11.1. The normalized spacial score (nSPS) is 18.1. The van der Waals surface area contributed by atoms with Crippen molar-refractivity contribution in [3.63, 3.8) is 0 Å². The zero-order valence-electron chi connectivity index (χ0n) is 9.26. The lowest BCUT2D eigenvalue weighted by Gasteiger charge is -2.26. The van der Waals surface area contributed by atoms with Gasteiger partial charge in [0.05, 0.1) is 18.3 Å². The van der Waals surface area contributed by atoms with Crippen molar-refractivity contribution in [3.05, 3.63) is 11.4 Å². The van der Waals surface area contributed by atoms with Crippen molar-refractivity contribution in [1.82, 2.24) is 15.0 Å². The quantitative estimate of drug-likeness (QED) is 0.754. The van der Waals surface area contributed by atoms with Gasteiger partial charge in [0, 0.05) is 5.92 Å². The number of aliphatic hydroxyl groups is 1. The second-order valence-corrected chi connectivity index (χ2v) is 4.35. The first-order valence-electron chi connectivity index (χ1n) is 5.51. The summed E-state index contributed by atoms with van der Waals surface area (Å²) in [6.45, 7) is 2.03. The molecule has 1 aromatic heterocycles. The van der Waals surface area contributed by atoms with Crippen molar-refractivity contribution in [2.24, 2.45) is 5.73 Å². The second-order valence-electron chi connectivity index (χ2n) is 4.35. The zero-order valence-corrected chi connectivity index (χ0v) is 9.26. The molecule has 2 rings (SSSR count). The molecule has 0 radical (unpaired) electrons. The van der Waals surface area contributed by atoms with Crippen LogP contribution in [-0.4, -0.2) is 32.1 Å². The van der Waals surface area contributed by atoms with Crippen LogP contribution in [0.25, 0.3) is 0 Å². The average molecular weight is 224 g/mol. The summed E-state index contributed by atoms with van der Waals surface area (Å²) in [4.78, 5) is 11.2. The molecule has 1 saturated carbocycles. The standard InChI is InChI=1S/C10H16N4O2/c1-6(15)5-14-9(7-3-2-4-7)8(10(11)16)12-13-14/h6-7,15H,2-5H2,1H3,(H2,11,16). The van der Waals surface area contributed by atoms with Gasteiger partial charge < -0.3 is 10.8 Å². The predicted molar refractivity (Wildman–Crippen MR) is 56.8 cm³/mol. The molecule has 6 heteroatoms. The Morgan fingerprint density at radius 1 is 1.69 bits per heavy atom. The van der Waals surface area contributed by atoms with E-state index in [2.05, 4.69) is 10.3 Å². The third kappa shape index (κ3) is 1.92. The van der Waals surface area contributed by atoms with Crippen molar-refractivity contribution in [1.29, 1.82) is 0 Å². The summed E-state index contributed by atoms with van der Waals surface area (Å²) in [5, 5.41) is 17.0. The molecular weight excluding hydrogens is 208 g/mol. The van der Waals surface area contributed by atoms with Crippen molar-refractivity contribution in [2.45, 2.75) is 44.8 Å². The highest BCUT2D eigenvalue weighted by molar-refractivity contribution is 5.92. The number of primary amides is 1. The molecule has 1 fully saturated rings. The molecule has 1 heterocycles. The van der Waals surface area contributed by atoms with Crippen molar-refractivity contribution in [3.8, 4) is 0 Å². The largest absolute Gasteiger partial charge is 0.391 e. The number of hydrogen-bond donors (Lipinski definition) is 2. The number of aromatic nitrogens is 3. The number of carbonyl (C=O) groups excluding carboxylic acids is 1. The molecule has 16 heavy (non-hydrogen) atoms. The van der Waals surface area contributed by atoms with Crippen LogP contribution in [0, 0.1) is 0 Å². The SMILES string of the molecule is CC(O)Cn1nnc(C(N)=O)c1C1CCC1. The predicted octanol–water partition coefficient (Wildman–Crippen LogP) is 0.0253. The monoisotopic (exact) mass is 224 g/mol. The molecular formula is C10H16N4O2. The van der Waals surface area contributed by atoms with Gasteiger partial charge in [0.1, 0.15) is 0 Å². The third-order valence-electron chi connectivity index (χ3n) is 2.94. The van der Waals surface area contributed by atoms with Gasteiger partial charge in [-0.15, -0.1) is 5.10 Å². The van der Waals surface area contributed by atoms with E-state index in [0.717, 1.165) is 25.0 Å². The van der Waals surface area contributed by atoms with Crippen LogP contribution in [0.1, 0.15) is 48.3 Å². The van der Waals surface area contributed by atoms with Crippen molar-refractivity contribution >= 4 is 5.91 Å². The van der Waals surface area contributed by atoms with E-state index < -0.39 is 12.0 Å². The maximum absolute atomic E-state index is 11.2. The van der Waals surface area contributed by atoms with Crippen LogP contribution in [0.2, 0.25) is 0 Å². The minimum atomic E-state index is -0.543. The van der Waals surface area contributed by atoms with Crippen LogP contribution in [0.15, 0.2) is 0 Å². The molecule has 0 aliphatic heterocycles. The summed E-state index contributed by atoms with van der Waals surface area (Å²) in [5.74, 6) is -0.227. The fraction of sp³-hybridized carbons (Fsp3) is 0.700. The topological polar surface area (TPSA) is 94.0 Å². The number of nitrogens with zero attached hydrogens (tertiary/aromatic N) is 3. The van der Waals surface area contributed by atoms with Crippen molar-refractivity contribution < 1.29 is 9.90 Å². The lowest BCUT2D eigenvalue weighted by Crippen LogP contribution is -2.23. The molecule has 1 aliphatic carbocycles. The van der Waals surface area contributed by atoms with Gasteiger partial charge in [-0.1, -0.05) is 11.6 Å². The Hall–Kier alpha value is -1.43. The molecule has 0 bridgehead atoms. The van der Waals surface area contributed by atoms with Gasteiger partial charge in [0.15, 0.2) is 5.69 Å². The zero-order chi connectivity index (χ0) is 11.7. The van der Waals surface area contributed by atoms with Crippen LogP contribution in [-0.2, 0) is 6.54 Å². The fourth-order valence-corrected chi connectivity index (χ4v) is 1.97. The van der Waals surface area contributed by atoms with Crippen LogP contribution in [0.3, 0.4) is 0 Å². The minimum absolute atomic E-state index is 0.255. The van der Waals surface area contributed by atoms with Crippen molar-refractivity contribution in [2.75, 3.05) is 0 Å². The number of aliphatic hydroxyl groups excluding tert-OH is 1. The smallest absolute Gasteiger partial charge is 0.271 e.